The molecule has 4 amide bonds. The van der Waals surface area contributed by atoms with E-state index in [-0.39, 0.29) is 49.0 Å². The summed E-state index contributed by atoms with van der Waals surface area (Å²) in [5.74, 6) is -1.49. The normalized spacial score (nSPS) is 15.4. The first-order valence-corrected chi connectivity index (χ1v) is 17.4. The van der Waals surface area contributed by atoms with Crippen molar-refractivity contribution in [1.29, 1.82) is 0 Å². The first-order chi connectivity index (χ1) is 23.1. The minimum atomic E-state index is -1.04. The van der Waals surface area contributed by atoms with Crippen LogP contribution in [0.3, 0.4) is 0 Å². The van der Waals surface area contributed by atoms with Crippen molar-refractivity contribution in [3.63, 3.8) is 0 Å². The Morgan fingerprint density at radius 2 is 1.57 bits per heavy atom. The molecule has 1 fully saturated rings. The molecule has 2 rings (SSSR count). The van der Waals surface area contributed by atoms with Crippen LogP contribution in [0.25, 0.3) is 0 Å². The van der Waals surface area contributed by atoms with Gasteiger partial charge in [-0.25, -0.2) is 0 Å². The first-order valence-electron chi connectivity index (χ1n) is 17.4. The van der Waals surface area contributed by atoms with E-state index < -0.39 is 30.0 Å². The summed E-state index contributed by atoms with van der Waals surface area (Å²) in [4.78, 5) is 62.5. The van der Waals surface area contributed by atoms with E-state index in [1.54, 1.807) is 26.0 Å². The van der Waals surface area contributed by atoms with Crippen molar-refractivity contribution in [1.82, 2.24) is 20.9 Å². The Morgan fingerprint density at radius 3 is 2.00 bits per heavy atom. The minimum Gasteiger partial charge on any atom is -0.386 e. The van der Waals surface area contributed by atoms with Gasteiger partial charge in [-0.2, -0.15) is 0 Å². The van der Waals surface area contributed by atoms with Crippen LogP contribution in [0.15, 0.2) is 36.7 Å². The van der Waals surface area contributed by atoms with Crippen molar-refractivity contribution in [3.05, 3.63) is 42.2 Å². The molecule has 13 heteroatoms. The molecule has 3 atom stereocenters. The number of aryl methyl sites for hydroxylation is 1. The van der Waals surface area contributed by atoms with E-state index >= 15 is 0 Å². The second-order valence-corrected chi connectivity index (χ2v) is 12.1. The van der Waals surface area contributed by atoms with Gasteiger partial charge in [0, 0.05) is 37.4 Å². The van der Waals surface area contributed by atoms with Crippen LogP contribution in [0, 0.1) is 17.8 Å². The maximum Gasteiger partial charge on any atom is 0.243 e. The molecule has 0 spiro atoms. The average molecular weight is 692 g/mol. The number of benzene rings is 1. The zero-order valence-corrected chi connectivity index (χ0v) is 31.4. The molecule has 1 saturated heterocycles. The Labute approximate surface area is 294 Å². The van der Waals surface area contributed by atoms with Gasteiger partial charge in [0.15, 0.2) is 0 Å². The monoisotopic (exact) mass is 691 g/mol. The molecule has 49 heavy (non-hydrogen) atoms. The van der Waals surface area contributed by atoms with E-state index in [9.17, 15) is 29.1 Å². The Kier molecular flexibility index (Phi) is 25.9. The highest BCUT2D eigenvalue weighted by atomic mass is 16.3. The van der Waals surface area contributed by atoms with Gasteiger partial charge in [0.2, 0.25) is 23.6 Å². The summed E-state index contributed by atoms with van der Waals surface area (Å²) >= 11 is 0. The van der Waals surface area contributed by atoms with Gasteiger partial charge < -0.3 is 42.7 Å². The number of likely N-dealkylation sites (tertiary alicyclic amines) is 1. The summed E-state index contributed by atoms with van der Waals surface area (Å²) in [6.45, 7) is 21.6. The third-order valence-electron chi connectivity index (χ3n) is 7.22. The fourth-order valence-electron chi connectivity index (χ4n) is 4.46. The summed E-state index contributed by atoms with van der Waals surface area (Å²) < 4.78 is 0. The van der Waals surface area contributed by atoms with E-state index in [4.69, 9.17) is 11.5 Å². The Hall–Kier alpha value is -3.97. The number of anilines is 1. The van der Waals surface area contributed by atoms with Crippen LogP contribution >= 0.6 is 0 Å². The van der Waals surface area contributed by atoms with E-state index in [1.165, 1.54) is 0 Å². The van der Waals surface area contributed by atoms with Gasteiger partial charge in [0.25, 0.3) is 0 Å². The number of aliphatic hydroxyl groups excluding tert-OH is 1. The topological polar surface area (TPSA) is 209 Å². The number of carbonyl (C=O) groups is 5. The standard InChI is InChI=1S/C27H40N4O6.C5H12N2.C2H7N.C2H6/c1-6-20(32)12-9-18-7-10-19(11-8-18)29-22(33)14-28-26(36)25(17(4)5)30-23(34)15-31-24(35)13-21(16(2)3)27(31)37;1-3-4-7-5(2)6;1-2-3;1-2/h7-8,10-11,16-17,21,25,27,37H,6,9,12-15H2,1-5H3,(H,28,36)(H,29,33)(H,30,34);7H,2-4,6H2,1H3;2-3H2,1H3;1-2H3. The molecule has 3 unspecified atom stereocenters. The number of nitrogens with zero attached hydrogens (tertiary/aromatic N) is 1. The SMILES string of the molecule is C=C(N)NCCC.CC.CCC(=O)CCc1ccc(NC(=O)CNC(=O)C(NC(=O)CN2C(=O)CC(C(C)C)C2O)C(C)C)cc1.CCN. The van der Waals surface area contributed by atoms with Gasteiger partial charge >= 0.3 is 0 Å². The molecule has 280 valence electrons. The average Bonchev–Trinajstić information content (AvgIpc) is 3.34. The van der Waals surface area contributed by atoms with Crippen LogP contribution in [0.5, 0.6) is 0 Å². The van der Waals surface area contributed by atoms with Crippen molar-refractivity contribution < 1.29 is 29.1 Å². The number of carbonyl (C=O) groups excluding carboxylic acids is 5. The molecular weight excluding hydrogens is 626 g/mol. The molecular formula is C36H65N7O6. The first kappa shape index (κ1) is 47.1. The molecule has 1 aliphatic heterocycles. The molecule has 1 heterocycles. The second kappa shape index (κ2) is 26.9. The summed E-state index contributed by atoms with van der Waals surface area (Å²) in [6.07, 6.45) is 1.87. The van der Waals surface area contributed by atoms with Gasteiger partial charge in [0.05, 0.1) is 12.4 Å². The van der Waals surface area contributed by atoms with Crippen LogP contribution in [0.2, 0.25) is 0 Å². The number of ketones is 1. The predicted octanol–water partition coefficient (Wildman–Crippen LogP) is 3.02. The Bertz CT molecular complexity index is 1140. The number of rotatable bonds is 16. The minimum absolute atomic E-state index is 0.0850. The van der Waals surface area contributed by atoms with Gasteiger partial charge in [-0.05, 0) is 48.9 Å². The van der Waals surface area contributed by atoms with Crippen LogP contribution in [0.1, 0.15) is 93.6 Å². The van der Waals surface area contributed by atoms with E-state index in [0.29, 0.717) is 30.8 Å². The maximum atomic E-state index is 12.7. The van der Waals surface area contributed by atoms with Gasteiger partial charge in [-0.15, -0.1) is 0 Å². The van der Waals surface area contributed by atoms with Crippen molar-refractivity contribution >= 4 is 35.1 Å². The number of nitrogens with one attached hydrogen (secondary N) is 4. The van der Waals surface area contributed by atoms with E-state index in [2.05, 4.69) is 34.8 Å². The van der Waals surface area contributed by atoms with Crippen molar-refractivity contribution in [2.24, 2.45) is 29.2 Å². The lowest BCUT2D eigenvalue weighted by Crippen LogP contribution is -2.53. The molecule has 0 bridgehead atoms. The predicted molar refractivity (Wildman–Crippen MR) is 197 cm³/mol. The van der Waals surface area contributed by atoms with E-state index in [1.807, 2.05) is 53.7 Å². The summed E-state index contributed by atoms with van der Waals surface area (Å²) in [5, 5.41) is 21.2. The van der Waals surface area contributed by atoms with Crippen LogP contribution < -0.4 is 32.7 Å². The van der Waals surface area contributed by atoms with Gasteiger partial charge in [0.1, 0.15) is 24.6 Å². The van der Waals surface area contributed by atoms with Crippen molar-refractivity contribution in [3.8, 4) is 0 Å². The third kappa shape index (κ3) is 20.2. The molecule has 1 aromatic carbocycles. The van der Waals surface area contributed by atoms with Crippen LogP contribution in [-0.2, 0) is 30.4 Å². The lowest BCUT2D eigenvalue weighted by Gasteiger charge is -2.26. The van der Waals surface area contributed by atoms with Crippen molar-refractivity contribution in [2.75, 3.05) is 31.5 Å². The highest BCUT2D eigenvalue weighted by molar-refractivity contribution is 5.96. The number of nitrogens with two attached hydrogens (primary N) is 2. The second-order valence-electron chi connectivity index (χ2n) is 12.1. The van der Waals surface area contributed by atoms with Gasteiger partial charge in [-0.3, -0.25) is 24.0 Å². The lowest BCUT2D eigenvalue weighted by atomic mass is 9.94. The number of aliphatic hydroxyl groups is 1. The smallest absolute Gasteiger partial charge is 0.243 e. The summed E-state index contributed by atoms with van der Waals surface area (Å²) in [6, 6.07) is 6.24. The largest absolute Gasteiger partial charge is 0.386 e. The van der Waals surface area contributed by atoms with Gasteiger partial charge in [-0.1, -0.05) is 81.0 Å². The zero-order chi connectivity index (χ0) is 38.1. The third-order valence-corrected chi connectivity index (χ3v) is 7.22. The van der Waals surface area contributed by atoms with Crippen LogP contribution in [-0.4, -0.2) is 77.9 Å². The molecule has 9 N–H and O–H groups in total. The molecule has 0 aromatic heterocycles. The molecule has 13 nitrogen and oxygen atoms in total. The quantitative estimate of drug-likeness (QED) is 0.136. The number of hydrogen-bond donors (Lipinski definition) is 7. The van der Waals surface area contributed by atoms with Crippen molar-refractivity contribution in [2.45, 2.75) is 107 Å². The Morgan fingerprint density at radius 1 is 1.00 bits per heavy atom. The molecule has 0 saturated carbocycles. The van der Waals surface area contributed by atoms with E-state index in [0.717, 1.165) is 30.0 Å². The number of hydrogen-bond acceptors (Lipinski definition) is 9. The Balaban J connectivity index is 0. The fraction of sp³-hybridized carbons (Fsp3) is 0.639. The molecule has 1 aliphatic rings. The highest BCUT2D eigenvalue weighted by Crippen LogP contribution is 2.29. The fourth-order valence-corrected chi connectivity index (χ4v) is 4.46. The maximum absolute atomic E-state index is 12.7. The number of Topliss-reactive ketones (excluding diaryl/α,β-unsaturated/α-hetero) is 1. The number of amides is 4. The molecule has 0 radical (unpaired) electrons. The summed E-state index contributed by atoms with van der Waals surface area (Å²) in [7, 11) is 0. The zero-order valence-electron chi connectivity index (χ0n) is 31.4. The lowest BCUT2D eigenvalue weighted by molar-refractivity contribution is -0.140. The summed E-state index contributed by atoms with van der Waals surface area (Å²) in [5.41, 5.74) is 11.6. The van der Waals surface area contributed by atoms with Crippen LogP contribution in [0.4, 0.5) is 5.69 Å². The molecule has 1 aromatic rings. The highest BCUT2D eigenvalue weighted by Gasteiger charge is 2.41. The molecule has 0 aliphatic carbocycles.